The number of halogens is 2. The lowest BCUT2D eigenvalue weighted by Gasteiger charge is -2.15. The van der Waals surface area contributed by atoms with Gasteiger partial charge in [0.2, 0.25) is 0 Å². The largest absolute Gasteiger partial charge is 0.492 e. The molecular weight excluding hydrogens is 272 g/mol. The SMILES string of the molecule is Cc1cccc(OCCNC(C)c2ccc(F)cc2F)c1. The normalized spacial score (nSPS) is 12.2. The summed E-state index contributed by atoms with van der Waals surface area (Å²) in [6.07, 6.45) is 0. The van der Waals surface area contributed by atoms with E-state index in [1.54, 1.807) is 0 Å². The average Bonchev–Trinajstić information content (AvgIpc) is 2.43. The van der Waals surface area contributed by atoms with Crippen LogP contribution in [0.3, 0.4) is 0 Å². The Morgan fingerprint density at radius 1 is 1.14 bits per heavy atom. The van der Waals surface area contributed by atoms with Crippen molar-refractivity contribution in [3.8, 4) is 5.75 Å². The molecular formula is C17H19F2NO. The third-order valence-electron chi connectivity index (χ3n) is 3.24. The van der Waals surface area contributed by atoms with E-state index in [4.69, 9.17) is 4.74 Å². The predicted molar refractivity (Wildman–Crippen MR) is 79.4 cm³/mol. The maximum atomic E-state index is 13.6. The molecule has 21 heavy (non-hydrogen) atoms. The summed E-state index contributed by atoms with van der Waals surface area (Å²) in [5.74, 6) is -0.279. The van der Waals surface area contributed by atoms with E-state index < -0.39 is 11.6 Å². The summed E-state index contributed by atoms with van der Waals surface area (Å²) >= 11 is 0. The highest BCUT2D eigenvalue weighted by Crippen LogP contribution is 2.17. The minimum Gasteiger partial charge on any atom is -0.492 e. The summed E-state index contributed by atoms with van der Waals surface area (Å²) in [6, 6.07) is 11.2. The second kappa shape index (κ2) is 7.18. The lowest BCUT2D eigenvalue weighted by molar-refractivity contribution is 0.306. The van der Waals surface area contributed by atoms with Crippen molar-refractivity contribution >= 4 is 0 Å². The molecule has 1 N–H and O–H groups in total. The summed E-state index contributed by atoms with van der Waals surface area (Å²) in [5.41, 5.74) is 1.59. The summed E-state index contributed by atoms with van der Waals surface area (Å²) in [4.78, 5) is 0. The van der Waals surface area contributed by atoms with Gasteiger partial charge in [-0.25, -0.2) is 8.78 Å². The first-order valence-electron chi connectivity index (χ1n) is 6.94. The Labute approximate surface area is 123 Å². The molecule has 0 aliphatic heterocycles. The molecule has 0 aliphatic carbocycles. The highest BCUT2D eigenvalue weighted by atomic mass is 19.1. The minimum atomic E-state index is -0.564. The zero-order valence-corrected chi connectivity index (χ0v) is 12.2. The van der Waals surface area contributed by atoms with E-state index in [1.807, 2.05) is 38.1 Å². The van der Waals surface area contributed by atoms with Crippen molar-refractivity contribution in [2.45, 2.75) is 19.9 Å². The zero-order valence-electron chi connectivity index (χ0n) is 12.2. The van der Waals surface area contributed by atoms with Gasteiger partial charge in [-0.05, 0) is 37.6 Å². The molecule has 0 spiro atoms. The maximum Gasteiger partial charge on any atom is 0.130 e. The number of aryl methyl sites for hydroxylation is 1. The maximum absolute atomic E-state index is 13.6. The Hall–Kier alpha value is -1.94. The summed E-state index contributed by atoms with van der Waals surface area (Å²) in [6.45, 7) is 4.90. The third kappa shape index (κ3) is 4.53. The van der Waals surface area contributed by atoms with Gasteiger partial charge in [-0.15, -0.1) is 0 Å². The molecule has 0 fully saturated rings. The molecule has 0 bridgehead atoms. The van der Waals surface area contributed by atoms with E-state index in [1.165, 1.54) is 12.1 Å². The van der Waals surface area contributed by atoms with Gasteiger partial charge in [0.25, 0.3) is 0 Å². The van der Waals surface area contributed by atoms with E-state index >= 15 is 0 Å². The highest BCUT2D eigenvalue weighted by Gasteiger charge is 2.10. The van der Waals surface area contributed by atoms with Gasteiger partial charge in [0.1, 0.15) is 24.0 Å². The molecule has 2 aromatic carbocycles. The van der Waals surface area contributed by atoms with Gasteiger partial charge < -0.3 is 10.1 Å². The van der Waals surface area contributed by atoms with Gasteiger partial charge in [-0.3, -0.25) is 0 Å². The standard InChI is InChI=1S/C17H19F2NO/c1-12-4-3-5-15(10-12)21-9-8-20-13(2)16-7-6-14(18)11-17(16)19/h3-7,10-11,13,20H,8-9H2,1-2H3. The first-order valence-corrected chi connectivity index (χ1v) is 6.94. The van der Waals surface area contributed by atoms with E-state index in [0.717, 1.165) is 17.4 Å². The molecule has 2 nitrogen and oxygen atoms in total. The Balaban J connectivity index is 1.80. The summed E-state index contributed by atoms with van der Waals surface area (Å²) in [5, 5.41) is 3.16. The molecule has 0 saturated carbocycles. The van der Waals surface area contributed by atoms with Gasteiger partial charge in [-0.2, -0.15) is 0 Å². The van der Waals surface area contributed by atoms with Crippen LogP contribution in [-0.4, -0.2) is 13.2 Å². The Kier molecular flexibility index (Phi) is 5.28. The van der Waals surface area contributed by atoms with Gasteiger partial charge in [0.05, 0.1) is 0 Å². The van der Waals surface area contributed by atoms with Gasteiger partial charge in [0.15, 0.2) is 0 Å². The summed E-state index contributed by atoms with van der Waals surface area (Å²) < 4.78 is 32.1. The lowest BCUT2D eigenvalue weighted by atomic mass is 10.1. The fraction of sp³-hybridized carbons (Fsp3) is 0.294. The quantitative estimate of drug-likeness (QED) is 0.812. The molecule has 0 aliphatic rings. The molecule has 0 aromatic heterocycles. The molecule has 0 saturated heterocycles. The van der Waals surface area contributed by atoms with E-state index in [9.17, 15) is 8.78 Å². The molecule has 2 aromatic rings. The van der Waals surface area contributed by atoms with Crippen LogP contribution in [-0.2, 0) is 0 Å². The number of hydrogen-bond acceptors (Lipinski definition) is 2. The Bertz CT molecular complexity index is 601. The van der Waals surface area contributed by atoms with Crippen molar-refractivity contribution < 1.29 is 13.5 Å². The molecule has 112 valence electrons. The van der Waals surface area contributed by atoms with Crippen LogP contribution in [0, 0.1) is 18.6 Å². The highest BCUT2D eigenvalue weighted by molar-refractivity contribution is 5.27. The van der Waals surface area contributed by atoms with E-state index in [0.29, 0.717) is 18.7 Å². The molecule has 1 atom stereocenters. The number of nitrogens with one attached hydrogen (secondary N) is 1. The Morgan fingerprint density at radius 3 is 2.67 bits per heavy atom. The number of hydrogen-bond donors (Lipinski definition) is 1. The lowest BCUT2D eigenvalue weighted by Crippen LogP contribution is -2.25. The first kappa shape index (κ1) is 15.4. The van der Waals surface area contributed by atoms with Gasteiger partial charge in [-0.1, -0.05) is 18.2 Å². The van der Waals surface area contributed by atoms with Crippen molar-refractivity contribution in [2.75, 3.05) is 13.2 Å². The number of rotatable bonds is 6. The van der Waals surface area contributed by atoms with Crippen molar-refractivity contribution in [1.82, 2.24) is 5.32 Å². The minimum absolute atomic E-state index is 0.202. The van der Waals surface area contributed by atoms with Gasteiger partial charge in [0, 0.05) is 24.2 Å². The van der Waals surface area contributed by atoms with Crippen LogP contribution in [0.25, 0.3) is 0 Å². The fourth-order valence-electron chi connectivity index (χ4n) is 2.11. The molecule has 0 heterocycles. The second-order valence-electron chi connectivity index (χ2n) is 5.01. The van der Waals surface area contributed by atoms with Gasteiger partial charge >= 0.3 is 0 Å². The van der Waals surface area contributed by atoms with Crippen molar-refractivity contribution in [1.29, 1.82) is 0 Å². The van der Waals surface area contributed by atoms with Crippen LogP contribution in [0.4, 0.5) is 8.78 Å². The van der Waals surface area contributed by atoms with Crippen molar-refractivity contribution in [3.05, 3.63) is 65.2 Å². The predicted octanol–water partition coefficient (Wildman–Crippen LogP) is 4.00. The fourth-order valence-corrected chi connectivity index (χ4v) is 2.11. The molecule has 1 unspecified atom stereocenters. The van der Waals surface area contributed by atoms with Crippen molar-refractivity contribution in [3.63, 3.8) is 0 Å². The van der Waals surface area contributed by atoms with Crippen LogP contribution in [0.5, 0.6) is 5.75 Å². The van der Waals surface area contributed by atoms with Crippen LogP contribution in [0.15, 0.2) is 42.5 Å². The number of benzene rings is 2. The van der Waals surface area contributed by atoms with Crippen molar-refractivity contribution in [2.24, 2.45) is 0 Å². The third-order valence-corrected chi connectivity index (χ3v) is 3.24. The molecule has 0 amide bonds. The van der Waals surface area contributed by atoms with E-state index in [-0.39, 0.29) is 6.04 Å². The Morgan fingerprint density at radius 2 is 1.95 bits per heavy atom. The van der Waals surface area contributed by atoms with E-state index in [2.05, 4.69) is 5.32 Å². The monoisotopic (exact) mass is 291 g/mol. The van der Waals surface area contributed by atoms with Crippen LogP contribution >= 0.6 is 0 Å². The topological polar surface area (TPSA) is 21.3 Å². The average molecular weight is 291 g/mol. The zero-order chi connectivity index (χ0) is 15.2. The smallest absolute Gasteiger partial charge is 0.130 e. The second-order valence-corrected chi connectivity index (χ2v) is 5.01. The molecule has 4 heteroatoms. The molecule has 0 radical (unpaired) electrons. The number of ether oxygens (including phenoxy) is 1. The molecule has 2 rings (SSSR count). The van der Waals surface area contributed by atoms with Crippen LogP contribution in [0.1, 0.15) is 24.1 Å². The van der Waals surface area contributed by atoms with Crippen LogP contribution < -0.4 is 10.1 Å². The first-order chi connectivity index (χ1) is 10.1. The van der Waals surface area contributed by atoms with Crippen LogP contribution in [0.2, 0.25) is 0 Å². The summed E-state index contributed by atoms with van der Waals surface area (Å²) in [7, 11) is 0.